The molecule has 6 nitrogen and oxygen atoms in total. The first-order valence-corrected chi connectivity index (χ1v) is 7.04. The summed E-state index contributed by atoms with van der Waals surface area (Å²) in [5.74, 6) is -1.58. The first-order chi connectivity index (χ1) is 10.6. The minimum Gasteiger partial charge on any atom is -0.454 e. The third-order valence-corrected chi connectivity index (χ3v) is 4.25. The quantitative estimate of drug-likeness (QED) is 0.605. The van der Waals surface area contributed by atoms with E-state index in [-0.39, 0.29) is 29.9 Å². The molecular weight excluding hydrogens is 288 g/mol. The Morgan fingerprint density at radius 1 is 1.05 bits per heavy atom. The van der Waals surface area contributed by atoms with Crippen LogP contribution in [0.25, 0.3) is 0 Å². The summed E-state index contributed by atoms with van der Waals surface area (Å²) in [6.45, 7) is 0. The van der Waals surface area contributed by atoms with Gasteiger partial charge < -0.3 is 14.3 Å². The van der Waals surface area contributed by atoms with Crippen molar-refractivity contribution in [3.05, 3.63) is 35.4 Å². The number of hydrogen-bond acceptors (Lipinski definition) is 6. The highest BCUT2D eigenvalue weighted by Gasteiger charge is 2.50. The van der Waals surface area contributed by atoms with Crippen molar-refractivity contribution in [1.82, 2.24) is 0 Å². The van der Waals surface area contributed by atoms with E-state index in [1.807, 2.05) is 0 Å². The van der Waals surface area contributed by atoms with Crippen LogP contribution in [0.1, 0.15) is 40.0 Å². The molecule has 3 unspecified atom stereocenters. The Bertz CT molecular complexity index is 635. The van der Waals surface area contributed by atoms with Crippen molar-refractivity contribution in [2.24, 2.45) is 5.92 Å². The van der Waals surface area contributed by atoms with E-state index in [1.165, 1.54) is 24.3 Å². The lowest BCUT2D eigenvalue weighted by Crippen LogP contribution is -2.54. The maximum absolute atomic E-state index is 12.2. The molecule has 0 radical (unpaired) electrons. The first-order valence-electron chi connectivity index (χ1n) is 7.04. The third kappa shape index (κ3) is 2.30. The Labute approximate surface area is 126 Å². The Hall–Kier alpha value is -2.50. The molecule has 1 aliphatic carbocycles. The maximum Gasteiger partial charge on any atom is 0.339 e. The Morgan fingerprint density at radius 2 is 1.68 bits per heavy atom. The number of aldehydes is 2. The highest BCUT2D eigenvalue weighted by atomic mass is 16.6. The largest absolute Gasteiger partial charge is 0.454 e. The van der Waals surface area contributed by atoms with Gasteiger partial charge in [0.25, 0.3) is 0 Å². The van der Waals surface area contributed by atoms with Crippen LogP contribution >= 0.6 is 0 Å². The summed E-state index contributed by atoms with van der Waals surface area (Å²) in [5, 5.41) is 0. The molecular formula is C16H14O6. The normalized spacial score (nSPS) is 30.7. The summed E-state index contributed by atoms with van der Waals surface area (Å²) in [7, 11) is 0. The number of fused-ring (bicyclic) bond motifs is 4. The van der Waals surface area contributed by atoms with Gasteiger partial charge in [0.15, 0.2) is 6.29 Å². The summed E-state index contributed by atoms with van der Waals surface area (Å²) >= 11 is 0. The molecule has 1 aromatic rings. The topological polar surface area (TPSA) is 86.7 Å². The average Bonchev–Trinajstić information content (AvgIpc) is 2.56. The third-order valence-electron chi connectivity index (χ3n) is 4.25. The van der Waals surface area contributed by atoms with Gasteiger partial charge in [0.2, 0.25) is 5.60 Å². The van der Waals surface area contributed by atoms with E-state index >= 15 is 0 Å². The summed E-state index contributed by atoms with van der Waals surface area (Å²) in [4.78, 5) is 47.0. The van der Waals surface area contributed by atoms with Gasteiger partial charge in [-0.25, -0.2) is 9.59 Å². The van der Waals surface area contributed by atoms with Gasteiger partial charge in [-0.05, 0) is 43.5 Å². The second-order valence-corrected chi connectivity index (χ2v) is 5.60. The van der Waals surface area contributed by atoms with Gasteiger partial charge in [0.1, 0.15) is 12.4 Å². The van der Waals surface area contributed by atoms with Gasteiger partial charge in [0, 0.05) is 5.92 Å². The lowest BCUT2D eigenvalue weighted by molar-refractivity contribution is -0.151. The predicted octanol–water partition coefficient (Wildman–Crippen LogP) is 1.32. The Kier molecular flexibility index (Phi) is 3.52. The molecule has 6 heteroatoms. The SMILES string of the molecule is O=CC1CCC2(C=O)OC(=O)c3ccc(cc3)C(=O)OC2C1. The lowest BCUT2D eigenvalue weighted by atomic mass is 9.77. The Balaban J connectivity index is 2.04. The summed E-state index contributed by atoms with van der Waals surface area (Å²) < 4.78 is 10.8. The molecule has 114 valence electrons. The minimum absolute atomic E-state index is 0.152. The van der Waals surface area contributed by atoms with E-state index in [1.54, 1.807) is 0 Å². The molecule has 4 rings (SSSR count). The number of ether oxygens (including phenoxy) is 2. The zero-order valence-corrected chi connectivity index (χ0v) is 11.7. The van der Waals surface area contributed by atoms with Gasteiger partial charge in [-0.3, -0.25) is 4.79 Å². The molecule has 3 atom stereocenters. The molecule has 0 aromatic heterocycles. The number of rotatable bonds is 2. The van der Waals surface area contributed by atoms with Crippen LogP contribution in [0.2, 0.25) is 0 Å². The van der Waals surface area contributed by atoms with Gasteiger partial charge in [-0.2, -0.15) is 0 Å². The fraction of sp³-hybridized carbons (Fsp3) is 0.375. The molecule has 0 N–H and O–H groups in total. The van der Waals surface area contributed by atoms with E-state index in [4.69, 9.17) is 9.47 Å². The maximum atomic E-state index is 12.2. The fourth-order valence-corrected chi connectivity index (χ4v) is 2.88. The smallest absolute Gasteiger partial charge is 0.339 e. The van der Waals surface area contributed by atoms with Crippen molar-refractivity contribution < 1.29 is 28.7 Å². The van der Waals surface area contributed by atoms with Crippen LogP contribution in [0.5, 0.6) is 0 Å². The van der Waals surface area contributed by atoms with Crippen LogP contribution in [-0.4, -0.2) is 36.2 Å². The van der Waals surface area contributed by atoms with Crippen LogP contribution in [0, 0.1) is 5.92 Å². The standard InChI is InChI=1S/C16H14O6/c17-8-10-5-6-16(9-18)13(7-10)21-14(19)11-1-3-12(4-2-11)15(20)22-16/h1-4,8-10,13H,5-7H2. The van der Waals surface area contributed by atoms with Crippen molar-refractivity contribution in [3.8, 4) is 0 Å². The molecule has 2 heterocycles. The van der Waals surface area contributed by atoms with Crippen molar-refractivity contribution in [2.75, 3.05) is 0 Å². The second kappa shape index (κ2) is 5.36. The van der Waals surface area contributed by atoms with Crippen molar-refractivity contribution in [2.45, 2.75) is 31.0 Å². The zero-order chi connectivity index (χ0) is 15.7. The number of carbonyl (C=O) groups excluding carboxylic acids is 4. The monoisotopic (exact) mass is 302 g/mol. The van der Waals surface area contributed by atoms with E-state index in [9.17, 15) is 19.2 Å². The van der Waals surface area contributed by atoms with Gasteiger partial charge in [-0.15, -0.1) is 0 Å². The van der Waals surface area contributed by atoms with E-state index in [0.29, 0.717) is 12.7 Å². The number of carbonyl (C=O) groups is 4. The van der Waals surface area contributed by atoms with Crippen molar-refractivity contribution >= 4 is 24.5 Å². The zero-order valence-electron chi connectivity index (χ0n) is 11.7. The summed E-state index contributed by atoms with van der Waals surface area (Å²) in [5.41, 5.74) is -0.985. The molecule has 2 aliphatic heterocycles. The number of benzene rings is 1. The molecule has 1 fully saturated rings. The van der Waals surface area contributed by atoms with Gasteiger partial charge >= 0.3 is 11.9 Å². The van der Waals surface area contributed by atoms with Crippen LogP contribution in [0.3, 0.4) is 0 Å². The van der Waals surface area contributed by atoms with Crippen LogP contribution < -0.4 is 0 Å². The van der Waals surface area contributed by atoms with Crippen molar-refractivity contribution in [3.63, 3.8) is 0 Å². The summed E-state index contributed by atoms with van der Waals surface area (Å²) in [6.07, 6.45) is 1.05. The van der Waals surface area contributed by atoms with Crippen LogP contribution in [0.15, 0.2) is 24.3 Å². The predicted molar refractivity (Wildman–Crippen MR) is 73.3 cm³/mol. The molecule has 0 spiro atoms. The van der Waals surface area contributed by atoms with Crippen LogP contribution in [-0.2, 0) is 19.1 Å². The van der Waals surface area contributed by atoms with E-state index in [0.717, 1.165) is 6.29 Å². The summed E-state index contributed by atoms with van der Waals surface area (Å²) in [6, 6.07) is 5.84. The van der Waals surface area contributed by atoms with Gasteiger partial charge in [-0.1, -0.05) is 0 Å². The molecule has 2 bridgehead atoms. The molecule has 1 saturated carbocycles. The lowest BCUT2D eigenvalue weighted by Gasteiger charge is -2.40. The Morgan fingerprint density at radius 3 is 2.27 bits per heavy atom. The highest BCUT2D eigenvalue weighted by Crippen LogP contribution is 2.37. The highest BCUT2D eigenvalue weighted by molar-refractivity contribution is 5.95. The minimum atomic E-state index is -1.53. The first kappa shape index (κ1) is 14.4. The molecule has 22 heavy (non-hydrogen) atoms. The van der Waals surface area contributed by atoms with E-state index in [2.05, 4.69) is 0 Å². The molecule has 0 saturated heterocycles. The number of hydrogen-bond donors (Lipinski definition) is 0. The number of esters is 2. The fourth-order valence-electron chi connectivity index (χ4n) is 2.88. The molecule has 0 amide bonds. The van der Waals surface area contributed by atoms with Crippen molar-refractivity contribution in [1.29, 1.82) is 0 Å². The molecule has 3 aliphatic rings. The van der Waals surface area contributed by atoms with Crippen LogP contribution in [0.4, 0.5) is 0 Å². The molecule has 1 aromatic carbocycles. The second-order valence-electron chi connectivity index (χ2n) is 5.60. The van der Waals surface area contributed by atoms with Gasteiger partial charge in [0.05, 0.1) is 11.1 Å². The average molecular weight is 302 g/mol. The van der Waals surface area contributed by atoms with E-state index < -0.39 is 23.6 Å².